The lowest BCUT2D eigenvalue weighted by atomic mass is 9.42. The molecule has 44 heavy (non-hydrogen) atoms. The Morgan fingerprint density at radius 1 is 0.477 bits per heavy atom. The first-order valence-electron chi connectivity index (χ1n) is 14.0. The van der Waals surface area contributed by atoms with Crippen LogP contribution in [0.3, 0.4) is 0 Å². The van der Waals surface area contributed by atoms with Gasteiger partial charge in [0, 0.05) is 5.69 Å². The summed E-state index contributed by atoms with van der Waals surface area (Å²) < 4.78 is 1.89. The molecule has 0 atom stereocenters. The Kier molecular flexibility index (Phi) is 6.81. The van der Waals surface area contributed by atoms with E-state index in [0.29, 0.717) is 22.3 Å². The maximum Gasteiger partial charge on any atom is 0.113 e. The number of hydrogen-bond acceptors (Lipinski definition) is 1. The van der Waals surface area contributed by atoms with Crippen molar-refractivity contribution in [1.82, 2.24) is 9.55 Å². The third-order valence-corrected chi connectivity index (χ3v) is 8.24. The second kappa shape index (κ2) is 10.5. The first-order valence-corrected chi connectivity index (χ1v) is 14.0. The zero-order valence-electron chi connectivity index (χ0n) is 23.8. The normalized spacial score (nSPS) is 11.9. The summed E-state index contributed by atoms with van der Waals surface area (Å²) in [6.45, 7) is 0. The van der Waals surface area contributed by atoms with E-state index in [1.165, 1.54) is 0 Å². The number of para-hydroxylation sites is 2. The van der Waals surface area contributed by atoms with E-state index < -0.39 is 5.11 Å². The highest BCUT2D eigenvalue weighted by Crippen LogP contribution is 2.43. The average molecular weight is 539 g/mol. The minimum atomic E-state index is -1.64. The fourth-order valence-electron chi connectivity index (χ4n) is 6.18. The van der Waals surface area contributed by atoms with E-state index in [2.05, 4.69) is 29.2 Å². The van der Waals surface area contributed by atoms with Crippen LogP contribution in [0, 0.1) is 0 Å². The Labute approximate surface area is 267 Å². The first kappa shape index (κ1) is 28.6. The monoisotopic (exact) mass is 540 g/mol. The SMILES string of the molecule is [B]c1c([B])c([B])c(-c2c3ccccc3c(-c3ccc(-n4c(C([B])([B])[B])nc5ccccc54)cc3)c3ccccc23)c([B])c1[B]. The van der Waals surface area contributed by atoms with Crippen molar-refractivity contribution in [3.63, 3.8) is 0 Å². The van der Waals surface area contributed by atoms with Crippen LogP contribution in [0.15, 0.2) is 97.1 Å². The second-order valence-corrected chi connectivity index (χ2v) is 11.0. The summed E-state index contributed by atoms with van der Waals surface area (Å²) >= 11 is 0. The third kappa shape index (κ3) is 4.33. The summed E-state index contributed by atoms with van der Waals surface area (Å²) in [5.41, 5.74) is 7.04. The fourth-order valence-corrected chi connectivity index (χ4v) is 6.18. The molecule has 7 aromatic rings. The molecule has 0 saturated carbocycles. The van der Waals surface area contributed by atoms with Gasteiger partial charge < -0.3 is 0 Å². The zero-order chi connectivity index (χ0) is 30.9. The van der Waals surface area contributed by atoms with Crippen molar-refractivity contribution in [2.45, 2.75) is 5.11 Å². The highest BCUT2D eigenvalue weighted by atomic mass is 15.1. The van der Waals surface area contributed by atoms with Gasteiger partial charge in [-0.2, -0.15) is 0 Å². The molecule has 0 aliphatic heterocycles. The van der Waals surface area contributed by atoms with E-state index in [1.807, 2.05) is 77.4 Å². The minimum Gasteiger partial charge on any atom is -0.298 e. The van der Waals surface area contributed by atoms with Gasteiger partial charge in [-0.15, -0.1) is 16.4 Å². The van der Waals surface area contributed by atoms with Crippen LogP contribution in [0.25, 0.3) is 60.5 Å². The Bertz CT molecular complexity index is 2180. The molecule has 0 aliphatic rings. The van der Waals surface area contributed by atoms with E-state index in [0.717, 1.165) is 55.0 Å². The molecule has 0 spiro atoms. The molecule has 6 aromatic carbocycles. The molecular formula is C34H16B8N2. The van der Waals surface area contributed by atoms with Crippen molar-refractivity contribution in [1.29, 1.82) is 0 Å². The van der Waals surface area contributed by atoms with Crippen LogP contribution in [-0.2, 0) is 5.11 Å². The number of aromatic nitrogens is 2. The number of rotatable bonds is 4. The zero-order valence-corrected chi connectivity index (χ0v) is 23.8. The van der Waals surface area contributed by atoms with Crippen LogP contribution < -0.4 is 27.3 Å². The summed E-state index contributed by atoms with van der Waals surface area (Å²) in [5.74, 6) is 0.351. The van der Waals surface area contributed by atoms with Gasteiger partial charge in [0.1, 0.15) is 39.2 Å². The Hall–Kier alpha value is -4.17. The van der Waals surface area contributed by atoms with Gasteiger partial charge in [-0.3, -0.25) is 4.57 Å². The number of imidazole rings is 1. The molecule has 186 valence electrons. The van der Waals surface area contributed by atoms with Crippen LogP contribution >= 0.6 is 0 Å². The van der Waals surface area contributed by atoms with E-state index in [4.69, 9.17) is 62.8 Å². The Balaban J connectivity index is 1.50. The molecule has 10 heteroatoms. The van der Waals surface area contributed by atoms with E-state index in [9.17, 15) is 0 Å². The van der Waals surface area contributed by atoms with Crippen molar-refractivity contribution in [3.05, 3.63) is 103 Å². The van der Waals surface area contributed by atoms with Gasteiger partial charge in [-0.05, 0) is 68.1 Å². The quantitative estimate of drug-likeness (QED) is 0.244. The van der Waals surface area contributed by atoms with Gasteiger partial charge >= 0.3 is 0 Å². The molecule has 0 N–H and O–H groups in total. The highest BCUT2D eigenvalue weighted by Gasteiger charge is 2.24. The smallest absolute Gasteiger partial charge is 0.113 e. The lowest BCUT2D eigenvalue weighted by Gasteiger charge is -2.25. The minimum absolute atomic E-state index is 0.180. The first-order chi connectivity index (χ1) is 21.1. The van der Waals surface area contributed by atoms with Gasteiger partial charge in [0.05, 0.1) is 40.4 Å². The molecule has 1 aromatic heterocycles. The van der Waals surface area contributed by atoms with Crippen molar-refractivity contribution >= 4 is 123 Å². The Morgan fingerprint density at radius 3 is 1.45 bits per heavy atom. The number of fused-ring (bicyclic) bond motifs is 3. The largest absolute Gasteiger partial charge is 0.298 e. The highest BCUT2D eigenvalue weighted by molar-refractivity contribution is 6.69. The fraction of sp³-hybridized carbons (Fsp3) is 0.0294. The van der Waals surface area contributed by atoms with E-state index >= 15 is 0 Å². The van der Waals surface area contributed by atoms with E-state index in [-0.39, 0.29) is 16.4 Å². The van der Waals surface area contributed by atoms with Gasteiger partial charge in [0.2, 0.25) is 0 Å². The maximum atomic E-state index is 6.59. The van der Waals surface area contributed by atoms with Crippen LogP contribution in [0.1, 0.15) is 5.82 Å². The number of nitrogens with zero attached hydrogens (tertiary/aromatic N) is 2. The number of hydrogen-bond donors (Lipinski definition) is 0. The second-order valence-electron chi connectivity index (χ2n) is 11.0. The van der Waals surface area contributed by atoms with Crippen molar-refractivity contribution in [3.8, 4) is 27.9 Å². The molecule has 2 nitrogen and oxygen atoms in total. The predicted molar refractivity (Wildman–Crippen MR) is 193 cm³/mol. The number of benzene rings is 6. The van der Waals surface area contributed by atoms with Crippen molar-refractivity contribution in [2.75, 3.05) is 0 Å². The van der Waals surface area contributed by atoms with Crippen molar-refractivity contribution in [2.24, 2.45) is 0 Å². The molecule has 16 radical (unpaired) electrons. The molecule has 0 saturated heterocycles. The summed E-state index contributed by atoms with van der Waals surface area (Å²) in [6, 6.07) is 32.1. The lowest BCUT2D eigenvalue weighted by molar-refractivity contribution is 0.929. The van der Waals surface area contributed by atoms with Gasteiger partial charge in [-0.25, -0.2) is 4.98 Å². The van der Waals surface area contributed by atoms with Gasteiger partial charge in [0.25, 0.3) is 0 Å². The van der Waals surface area contributed by atoms with Gasteiger partial charge in [-0.1, -0.05) is 88.8 Å². The molecular weight excluding hydrogens is 523 g/mol. The van der Waals surface area contributed by atoms with Crippen LogP contribution in [0.4, 0.5) is 0 Å². The molecule has 1 heterocycles. The van der Waals surface area contributed by atoms with E-state index in [1.54, 1.807) is 0 Å². The summed E-state index contributed by atoms with van der Waals surface area (Å²) in [6.07, 6.45) is 0. The summed E-state index contributed by atoms with van der Waals surface area (Å²) in [4.78, 5) is 4.64. The molecule has 7 rings (SSSR count). The average Bonchev–Trinajstić information content (AvgIpc) is 3.43. The summed E-state index contributed by atoms with van der Waals surface area (Å²) in [5, 5.41) is 2.24. The molecule has 0 aliphatic carbocycles. The van der Waals surface area contributed by atoms with Gasteiger partial charge in [0.15, 0.2) is 0 Å². The third-order valence-electron chi connectivity index (χ3n) is 8.24. The van der Waals surface area contributed by atoms with Crippen LogP contribution in [0.2, 0.25) is 0 Å². The summed E-state index contributed by atoms with van der Waals surface area (Å²) in [7, 11) is 50.4. The van der Waals surface area contributed by atoms with Crippen LogP contribution in [-0.4, -0.2) is 72.3 Å². The van der Waals surface area contributed by atoms with Crippen molar-refractivity contribution < 1.29 is 0 Å². The topological polar surface area (TPSA) is 17.8 Å². The lowest BCUT2D eigenvalue weighted by Crippen LogP contribution is -2.55. The molecule has 0 unspecified atom stereocenters. The van der Waals surface area contributed by atoms with Crippen LogP contribution in [0.5, 0.6) is 0 Å². The predicted octanol–water partition coefficient (Wildman–Crippen LogP) is 1.25. The molecule has 0 fully saturated rings. The Morgan fingerprint density at radius 2 is 0.932 bits per heavy atom. The maximum absolute atomic E-state index is 6.59. The molecule has 0 amide bonds. The molecule has 0 bridgehead atoms. The standard InChI is InChI=1S/C34H16B8N2/c35-28-27(29(36)31(38)32(39)30(28)37)26-21-9-3-1-7-19(21)25(20-8-2-4-10-22(20)26)17-13-15-18(16-14-17)44-24-12-6-5-11-23(24)43-33(44)34(40,41)42/h1-16H.